The number of amides is 2. The third-order valence-electron chi connectivity index (χ3n) is 7.47. The van der Waals surface area contributed by atoms with Gasteiger partial charge < -0.3 is 10.6 Å². The van der Waals surface area contributed by atoms with E-state index in [4.69, 9.17) is 0 Å². The molecule has 5 rings (SSSR count). The monoisotopic (exact) mass is 607 g/mol. The van der Waals surface area contributed by atoms with Crippen LogP contribution in [0.3, 0.4) is 0 Å². The summed E-state index contributed by atoms with van der Waals surface area (Å²) in [7, 11) is 0. The first-order valence-electron chi connectivity index (χ1n) is 13.2. The van der Waals surface area contributed by atoms with Gasteiger partial charge in [-0.15, -0.1) is 0 Å². The Balaban J connectivity index is 1.37. The molecule has 0 unspecified atom stereocenters. The number of nitrogens with zero attached hydrogens (tertiary/aromatic N) is 1. The number of hydrogen-bond acceptors (Lipinski definition) is 2. The highest BCUT2D eigenvalue weighted by Gasteiger charge is 2.37. The third kappa shape index (κ3) is 6.83. The molecular formula is C31H30BrF2N4O2+. The molecule has 0 spiro atoms. The molecule has 9 heteroatoms. The lowest BCUT2D eigenvalue weighted by atomic mass is 9.73. The van der Waals surface area contributed by atoms with Crippen molar-refractivity contribution in [3.05, 3.63) is 124 Å². The van der Waals surface area contributed by atoms with E-state index in [-0.39, 0.29) is 47.9 Å². The van der Waals surface area contributed by atoms with Gasteiger partial charge in [0.15, 0.2) is 6.54 Å². The van der Waals surface area contributed by atoms with Crippen LogP contribution in [0.15, 0.2) is 96.0 Å². The van der Waals surface area contributed by atoms with Gasteiger partial charge >= 0.3 is 0 Å². The fraction of sp³-hybridized carbons (Fsp3) is 0.258. The maximum Gasteiger partial charge on any atom is 0.262 e. The van der Waals surface area contributed by atoms with Gasteiger partial charge in [-0.05, 0) is 78.3 Å². The molecule has 0 radical (unpaired) electrons. The highest BCUT2D eigenvalue weighted by atomic mass is 79.9. The van der Waals surface area contributed by atoms with E-state index >= 15 is 0 Å². The summed E-state index contributed by atoms with van der Waals surface area (Å²) >= 11 is 3.49. The highest BCUT2D eigenvalue weighted by Crippen LogP contribution is 2.39. The zero-order valence-electron chi connectivity index (χ0n) is 21.7. The lowest BCUT2D eigenvalue weighted by Crippen LogP contribution is -2.48. The fourth-order valence-electron chi connectivity index (χ4n) is 5.47. The van der Waals surface area contributed by atoms with E-state index < -0.39 is 6.04 Å². The topological polar surface area (TPSA) is 77.9 Å². The number of nitrogens with one attached hydrogen (secondary N) is 3. The second-order valence-corrected chi connectivity index (χ2v) is 11.1. The molecule has 3 aromatic carbocycles. The first-order valence-corrected chi connectivity index (χ1v) is 14.0. The molecule has 206 valence electrons. The number of imidazole rings is 1. The van der Waals surface area contributed by atoms with Crippen LogP contribution in [0.1, 0.15) is 47.9 Å². The molecule has 0 aliphatic heterocycles. The van der Waals surface area contributed by atoms with Crippen molar-refractivity contribution < 1.29 is 22.9 Å². The van der Waals surface area contributed by atoms with E-state index in [1.807, 2.05) is 24.3 Å². The summed E-state index contributed by atoms with van der Waals surface area (Å²) in [6.07, 6.45) is 7.13. The maximum atomic E-state index is 13.9. The Morgan fingerprint density at radius 1 is 0.925 bits per heavy atom. The van der Waals surface area contributed by atoms with E-state index in [1.54, 1.807) is 47.6 Å². The van der Waals surface area contributed by atoms with Crippen molar-refractivity contribution in [3.63, 3.8) is 0 Å². The summed E-state index contributed by atoms with van der Waals surface area (Å²) < 4.78 is 30.1. The number of hydrogen-bond donors (Lipinski definition) is 3. The van der Waals surface area contributed by atoms with Crippen LogP contribution in [0.2, 0.25) is 0 Å². The van der Waals surface area contributed by atoms with E-state index in [9.17, 15) is 18.4 Å². The Labute approximate surface area is 240 Å². The molecule has 1 aromatic heterocycles. The third-order valence-corrected chi connectivity index (χ3v) is 8.00. The molecule has 40 heavy (non-hydrogen) atoms. The summed E-state index contributed by atoms with van der Waals surface area (Å²) in [6.45, 7) is 0.212. The number of aromatic nitrogens is 2. The summed E-state index contributed by atoms with van der Waals surface area (Å²) in [5, 5.41) is 6.31. The van der Waals surface area contributed by atoms with Gasteiger partial charge in [-0.2, -0.15) is 0 Å². The first kappa shape index (κ1) is 27.7. The molecule has 1 saturated carbocycles. The van der Waals surface area contributed by atoms with Crippen molar-refractivity contribution in [2.24, 2.45) is 5.92 Å². The Morgan fingerprint density at radius 2 is 1.55 bits per heavy atom. The number of H-pyrrole nitrogens is 1. The number of halogens is 3. The van der Waals surface area contributed by atoms with Gasteiger partial charge in [-0.1, -0.05) is 52.3 Å². The lowest BCUT2D eigenvalue weighted by molar-refractivity contribution is -0.683. The van der Waals surface area contributed by atoms with Crippen LogP contribution in [0.4, 0.5) is 8.78 Å². The van der Waals surface area contributed by atoms with Gasteiger partial charge in [-0.25, -0.2) is 13.3 Å². The predicted molar refractivity (Wildman–Crippen MR) is 150 cm³/mol. The molecule has 2 amide bonds. The van der Waals surface area contributed by atoms with E-state index in [0.29, 0.717) is 30.4 Å². The van der Waals surface area contributed by atoms with Crippen LogP contribution in [-0.2, 0) is 16.1 Å². The largest absolute Gasteiger partial charge is 0.350 e. The van der Waals surface area contributed by atoms with E-state index in [0.717, 1.165) is 10.0 Å². The number of carbonyl (C=O) groups is 2. The van der Waals surface area contributed by atoms with E-state index in [2.05, 4.69) is 31.5 Å². The molecule has 4 aromatic rings. The smallest absolute Gasteiger partial charge is 0.262 e. The summed E-state index contributed by atoms with van der Waals surface area (Å²) in [5.41, 5.74) is 2.41. The van der Waals surface area contributed by atoms with Crippen molar-refractivity contribution in [1.82, 2.24) is 15.6 Å². The number of rotatable bonds is 8. The summed E-state index contributed by atoms with van der Waals surface area (Å²) in [4.78, 5) is 29.6. The Kier molecular flexibility index (Phi) is 8.69. The van der Waals surface area contributed by atoms with Gasteiger partial charge in [-0.3, -0.25) is 14.6 Å². The average Bonchev–Trinajstić information content (AvgIpc) is 3.46. The zero-order chi connectivity index (χ0) is 28.1. The molecule has 6 nitrogen and oxygen atoms in total. The van der Waals surface area contributed by atoms with Crippen molar-refractivity contribution in [1.29, 1.82) is 0 Å². The van der Waals surface area contributed by atoms with Gasteiger partial charge in [0.2, 0.25) is 12.2 Å². The van der Waals surface area contributed by atoms with Gasteiger partial charge in [0, 0.05) is 16.4 Å². The molecule has 3 atom stereocenters. The number of carbonyl (C=O) groups excluding carboxylic acids is 2. The van der Waals surface area contributed by atoms with Crippen LogP contribution >= 0.6 is 15.9 Å². The molecule has 1 aliphatic rings. The Hall–Kier alpha value is -3.85. The predicted octanol–water partition coefficient (Wildman–Crippen LogP) is 5.32. The Bertz CT molecular complexity index is 1380. The first-order chi connectivity index (χ1) is 19.4. The Morgan fingerprint density at radius 3 is 2.12 bits per heavy atom. The second-order valence-electron chi connectivity index (χ2n) is 10.2. The van der Waals surface area contributed by atoms with Gasteiger partial charge in [0.05, 0.1) is 6.04 Å². The normalized spacial score (nSPS) is 18.9. The van der Waals surface area contributed by atoms with Crippen molar-refractivity contribution in [2.75, 3.05) is 0 Å². The van der Waals surface area contributed by atoms with Gasteiger partial charge in [0.25, 0.3) is 5.91 Å². The van der Waals surface area contributed by atoms with Crippen LogP contribution in [0.5, 0.6) is 0 Å². The van der Waals surface area contributed by atoms with Crippen LogP contribution in [0, 0.1) is 17.6 Å². The average molecular weight is 609 g/mol. The van der Waals surface area contributed by atoms with Crippen molar-refractivity contribution in [2.45, 2.75) is 43.8 Å². The SMILES string of the molecule is O=C(C[n+]1cc[nH]c1)N[C@@H]1CC[C@@H](C(=O)NC(c2ccc(F)cc2)c2ccc(F)cc2)[C@H](c2ccc(Br)cc2)C1. The van der Waals surface area contributed by atoms with Crippen LogP contribution in [-0.4, -0.2) is 22.8 Å². The fourth-order valence-corrected chi connectivity index (χ4v) is 5.74. The molecule has 1 aliphatic carbocycles. The number of benzene rings is 3. The molecule has 1 heterocycles. The van der Waals surface area contributed by atoms with E-state index in [1.165, 1.54) is 24.3 Å². The minimum atomic E-state index is -0.574. The molecule has 3 N–H and O–H groups in total. The second kappa shape index (κ2) is 12.6. The summed E-state index contributed by atoms with van der Waals surface area (Å²) in [5.74, 6) is -1.46. The van der Waals surface area contributed by atoms with Crippen molar-refractivity contribution in [3.8, 4) is 0 Å². The highest BCUT2D eigenvalue weighted by molar-refractivity contribution is 9.10. The quantitative estimate of drug-likeness (QED) is 0.237. The number of aromatic amines is 1. The minimum Gasteiger partial charge on any atom is -0.350 e. The van der Waals surface area contributed by atoms with Crippen LogP contribution < -0.4 is 15.2 Å². The minimum absolute atomic E-state index is 0.0743. The molecule has 1 fully saturated rings. The zero-order valence-corrected chi connectivity index (χ0v) is 23.3. The lowest BCUT2D eigenvalue weighted by Gasteiger charge is -2.37. The van der Waals surface area contributed by atoms with Crippen LogP contribution in [0.25, 0.3) is 0 Å². The molecule has 0 saturated heterocycles. The maximum absolute atomic E-state index is 13.9. The van der Waals surface area contributed by atoms with Gasteiger partial charge in [0.1, 0.15) is 24.0 Å². The molecule has 0 bridgehead atoms. The molecular weight excluding hydrogens is 578 g/mol. The van der Waals surface area contributed by atoms with Crippen molar-refractivity contribution >= 4 is 27.7 Å². The summed E-state index contributed by atoms with van der Waals surface area (Å²) in [6, 6.07) is 19.2. The standard InChI is InChI=1S/C31H29BrF2N4O2/c32-23-7-1-20(2-8-23)28-17-26(36-29(39)18-38-16-15-35-19-38)13-14-27(28)31(40)37-30(21-3-9-24(33)10-4-21)22-5-11-25(34)12-6-22/h1-12,15-16,19,26-28,30H,13-14,17-18H2,(H2,36,37,39,40)/p+1/t26-,27-,28+/m1/s1.